The Morgan fingerprint density at radius 1 is 1.07 bits per heavy atom. The largest absolute Gasteiger partial charge is 0.361 e. The summed E-state index contributed by atoms with van der Waals surface area (Å²) in [7, 11) is -3.47. The summed E-state index contributed by atoms with van der Waals surface area (Å²) in [6.45, 7) is 4.79. The number of aromatic nitrogens is 1. The van der Waals surface area contributed by atoms with Gasteiger partial charge in [-0.2, -0.15) is 4.31 Å². The fourth-order valence-electron chi connectivity index (χ4n) is 4.09. The van der Waals surface area contributed by atoms with Crippen LogP contribution in [0.1, 0.15) is 35.4 Å². The minimum atomic E-state index is -3.47. The first-order chi connectivity index (χ1) is 12.9. The zero-order valence-corrected chi connectivity index (χ0v) is 16.3. The molecular weight excluding hydrogens is 363 g/mol. The topological polar surface area (TPSA) is 53.2 Å². The van der Waals surface area contributed by atoms with Crippen molar-refractivity contribution >= 4 is 20.9 Å². The Labute approximate surface area is 159 Å². The van der Waals surface area contributed by atoms with Crippen LogP contribution in [0.3, 0.4) is 0 Å². The predicted molar refractivity (Wildman–Crippen MR) is 105 cm³/mol. The highest BCUT2D eigenvalue weighted by Crippen LogP contribution is 2.35. The van der Waals surface area contributed by atoms with Crippen LogP contribution in [0.5, 0.6) is 0 Å². The molecule has 1 aromatic heterocycles. The van der Waals surface area contributed by atoms with Gasteiger partial charge in [0.25, 0.3) is 0 Å². The molecule has 0 atom stereocenters. The van der Waals surface area contributed by atoms with Crippen molar-refractivity contribution in [3.8, 4) is 0 Å². The zero-order valence-electron chi connectivity index (χ0n) is 15.5. The number of nitrogens with one attached hydrogen (secondary N) is 1. The fraction of sp³-hybridized carbons (Fsp3) is 0.333. The van der Waals surface area contributed by atoms with Crippen molar-refractivity contribution in [2.24, 2.45) is 0 Å². The summed E-state index contributed by atoms with van der Waals surface area (Å²) in [5.41, 5.74) is 3.78. The number of nitrogens with zero attached hydrogens (tertiary/aromatic N) is 1. The lowest BCUT2D eigenvalue weighted by atomic mass is 9.90. The Morgan fingerprint density at radius 3 is 2.52 bits per heavy atom. The first kappa shape index (κ1) is 18.2. The monoisotopic (exact) mass is 386 g/mol. The number of benzene rings is 2. The van der Waals surface area contributed by atoms with Crippen molar-refractivity contribution in [2.75, 3.05) is 13.1 Å². The smallest absolute Gasteiger partial charge is 0.243 e. The Kier molecular flexibility index (Phi) is 4.56. The van der Waals surface area contributed by atoms with Crippen molar-refractivity contribution in [3.05, 3.63) is 65.1 Å². The first-order valence-electron chi connectivity index (χ1n) is 9.20. The molecule has 0 radical (unpaired) electrons. The molecule has 2 aromatic carbocycles. The van der Waals surface area contributed by atoms with Crippen LogP contribution < -0.4 is 0 Å². The standard InChI is InChI=1S/C21H23FN2O2S/c1-14-3-6-21(15(2)11-14)27(25,26)24-9-7-16(8-10-24)19-13-23-20-12-17(22)4-5-18(19)20/h3-6,11-13,16,23H,7-10H2,1-2H3. The molecule has 1 aliphatic rings. The van der Waals surface area contributed by atoms with Crippen LogP contribution in [0, 0.1) is 19.7 Å². The predicted octanol–water partition coefficient (Wildman–Crippen LogP) is 4.49. The SMILES string of the molecule is Cc1ccc(S(=O)(=O)N2CCC(c3c[nH]c4cc(F)ccc34)CC2)c(C)c1. The summed E-state index contributed by atoms with van der Waals surface area (Å²) in [5.74, 6) is 0.0139. The summed E-state index contributed by atoms with van der Waals surface area (Å²) in [6.07, 6.45) is 3.45. The van der Waals surface area contributed by atoms with Gasteiger partial charge in [-0.15, -0.1) is 0 Å². The molecule has 0 saturated carbocycles. The number of sulfonamides is 1. The molecule has 142 valence electrons. The highest BCUT2D eigenvalue weighted by Gasteiger charge is 2.31. The van der Waals surface area contributed by atoms with E-state index in [1.807, 2.05) is 32.2 Å². The van der Waals surface area contributed by atoms with E-state index in [0.29, 0.717) is 18.0 Å². The van der Waals surface area contributed by atoms with Crippen LogP contribution in [0.2, 0.25) is 0 Å². The molecule has 3 aromatic rings. The molecule has 1 aliphatic heterocycles. The highest BCUT2D eigenvalue weighted by molar-refractivity contribution is 7.89. The minimum absolute atomic E-state index is 0.259. The van der Waals surface area contributed by atoms with Crippen LogP contribution in [-0.4, -0.2) is 30.8 Å². The molecule has 1 saturated heterocycles. The van der Waals surface area contributed by atoms with E-state index < -0.39 is 10.0 Å². The molecule has 1 fully saturated rings. The number of rotatable bonds is 3. The Bertz CT molecular complexity index is 1100. The van der Waals surface area contributed by atoms with Gasteiger partial charge in [-0.1, -0.05) is 17.7 Å². The zero-order chi connectivity index (χ0) is 19.2. The Balaban J connectivity index is 1.54. The van der Waals surface area contributed by atoms with Crippen molar-refractivity contribution in [1.29, 1.82) is 0 Å². The van der Waals surface area contributed by atoms with Gasteiger partial charge in [0, 0.05) is 30.2 Å². The lowest BCUT2D eigenvalue weighted by Crippen LogP contribution is -2.38. The summed E-state index contributed by atoms with van der Waals surface area (Å²) < 4.78 is 41.1. The maximum Gasteiger partial charge on any atom is 0.243 e. The highest BCUT2D eigenvalue weighted by atomic mass is 32.2. The summed E-state index contributed by atoms with van der Waals surface area (Å²) in [4.78, 5) is 3.53. The maximum absolute atomic E-state index is 13.4. The molecule has 0 bridgehead atoms. The summed E-state index contributed by atoms with van der Waals surface area (Å²) in [5, 5.41) is 1.02. The van der Waals surface area contributed by atoms with Gasteiger partial charge in [0.2, 0.25) is 10.0 Å². The second kappa shape index (κ2) is 6.77. The molecule has 0 spiro atoms. The Morgan fingerprint density at radius 2 is 1.81 bits per heavy atom. The van der Waals surface area contributed by atoms with Gasteiger partial charge in [0.1, 0.15) is 5.82 Å². The first-order valence-corrected chi connectivity index (χ1v) is 10.6. The van der Waals surface area contributed by atoms with Gasteiger partial charge in [0.05, 0.1) is 4.90 Å². The normalized spacial score (nSPS) is 16.9. The van der Waals surface area contributed by atoms with Gasteiger partial charge in [-0.25, -0.2) is 12.8 Å². The molecule has 0 unspecified atom stereocenters. The van der Waals surface area contributed by atoms with Gasteiger partial charge in [-0.05, 0) is 68.0 Å². The van der Waals surface area contributed by atoms with E-state index in [4.69, 9.17) is 0 Å². The molecule has 0 amide bonds. The van der Waals surface area contributed by atoms with E-state index in [2.05, 4.69) is 4.98 Å². The number of aryl methyl sites for hydroxylation is 2. The van der Waals surface area contributed by atoms with Crippen LogP contribution >= 0.6 is 0 Å². The second-order valence-corrected chi connectivity index (χ2v) is 9.29. The van der Waals surface area contributed by atoms with Crippen molar-refractivity contribution in [2.45, 2.75) is 37.5 Å². The van der Waals surface area contributed by atoms with E-state index in [9.17, 15) is 12.8 Å². The molecular formula is C21H23FN2O2S. The number of aromatic amines is 1. The van der Waals surface area contributed by atoms with Crippen LogP contribution in [-0.2, 0) is 10.0 Å². The van der Waals surface area contributed by atoms with E-state index in [1.165, 1.54) is 12.1 Å². The maximum atomic E-state index is 13.4. The number of hydrogen-bond acceptors (Lipinski definition) is 2. The molecule has 4 rings (SSSR count). The molecule has 0 aliphatic carbocycles. The van der Waals surface area contributed by atoms with E-state index in [1.54, 1.807) is 16.4 Å². The van der Waals surface area contributed by atoms with Crippen molar-refractivity contribution in [1.82, 2.24) is 9.29 Å². The van der Waals surface area contributed by atoms with E-state index >= 15 is 0 Å². The Hall–Kier alpha value is -2.18. The average Bonchev–Trinajstić information content (AvgIpc) is 3.04. The van der Waals surface area contributed by atoms with Crippen molar-refractivity contribution < 1.29 is 12.8 Å². The molecule has 1 N–H and O–H groups in total. The third-order valence-electron chi connectivity index (χ3n) is 5.52. The number of hydrogen-bond donors (Lipinski definition) is 1. The van der Waals surface area contributed by atoms with E-state index in [0.717, 1.165) is 40.4 Å². The number of piperidine rings is 1. The quantitative estimate of drug-likeness (QED) is 0.721. The second-order valence-electron chi connectivity index (χ2n) is 7.38. The molecule has 6 heteroatoms. The number of H-pyrrole nitrogens is 1. The lowest BCUT2D eigenvalue weighted by Gasteiger charge is -2.31. The van der Waals surface area contributed by atoms with Crippen LogP contribution in [0.15, 0.2) is 47.5 Å². The van der Waals surface area contributed by atoms with Gasteiger partial charge in [-0.3, -0.25) is 0 Å². The van der Waals surface area contributed by atoms with Gasteiger partial charge < -0.3 is 4.98 Å². The third-order valence-corrected chi connectivity index (χ3v) is 7.58. The van der Waals surface area contributed by atoms with Crippen LogP contribution in [0.4, 0.5) is 4.39 Å². The number of halogens is 1. The molecule has 2 heterocycles. The summed E-state index contributed by atoms with van der Waals surface area (Å²) >= 11 is 0. The average molecular weight is 386 g/mol. The fourth-order valence-corrected chi connectivity index (χ4v) is 5.77. The van der Waals surface area contributed by atoms with E-state index in [-0.39, 0.29) is 11.7 Å². The van der Waals surface area contributed by atoms with Crippen LogP contribution in [0.25, 0.3) is 10.9 Å². The minimum Gasteiger partial charge on any atom is -0.361 e. The lowest BCUT2D eigenvalue weighted by molar-refractivity contribution is 0.320. The number of fused-ring (bicyclic) bond motifs is 1. The molecule has 27 heavy (non-hydrogen) atoms. The van der Waals surface area contributed by atoms with Gasteiger partial charge in [0.15, 0.2) is 0 Å². The third kappa shape index (κ3) is 3.28. The molecule has 4 nitrogen and oxygen atoms in total. The summed E-state index contributed by atoms with van der Waals surface area (Å²) in [6, 6.07) is 10.2. The van der Waals surface area contributed by atoms with Crippen molar-refractivity contribution in [3.63, 3.8) is 0 Å². The van der Waals surface area contributed by atoms with Gasteiger partial charge >= 0.3 is 0 Å².